The van der Waals surface area contributed by atoms with Crippen LogP contribution in [0, 0.1) is 5.82 Å². The summed E-state index contributed by atoms with van der Waals surface area (Å²) in [5.74, 6) is -0.0243. The average molecular weight is 559 g/mol. The van der Waals surface area contributed by atoms with Crippen LogP contribution in [0.2, 0.25) is 0 Å². The number of ether oxygens (including phenoxy) is 1. The van der Waals surface area contributed by atoms with E-state index < -0.39 is 11.4 Å². The third-order valence-electron chi connectivity index (χ3n) is 9.40. The molecular formula is C31H35FN6O3. The summed E-state index contributed by atoms with van der Waals surface area (Å²) >= 11 is 0. The highest BCUT2D eigenvalue weighted by molar-refractivity contribution is 5.99. The van der Waals surface area contributed by atoms with Crippen molar-refractivity contribution in [3.05, 3.63) is 48.4 Å². The van der Waals surface area contributed by atoms with Gasteiger partial charge >= 0.3 is 6.01 Å². The van der Waals surface area contributed by atoms with Crippen LogP contribution in [0.1, 0.15) is 38.5 Å². The van der Waals surface area contributed by atoms with Crippen LogP contribution in [0.3, 0.4) is 0 Å². The van der Waals surface area contributed by atoms with Crippen LogP contribution in [-0.2, 0) is 0 Å². The monoisotopic (exact) mass is 558 g/mol. The van der Waals surface area contributed by atoms with Gasteiger partial charge in [0.15, 0.2) is 5.82 Å². The fraction of sp³-hybridized carbons (Fsp3) is 0.452. The smallest absolute Gasteiger partial charge is 0.319 e. The van der Waals surface area contributed by atoms with E-state index in [2.05, 4.69) is 14.9 Å². The number of fused-ring (bicyclic) bond motifs is 3. The molecule has 3 aliphatic heterocycles. The zero-order valence-corrected chi connectivity index (χ0v) is 23.0. The van der Waals surface area contributed by atoms with Crippen molar-refractivity contribution in [1.29, 1.82) is 0 Å². The molecule has 0 bridgehead atoms. The summed E-state index contributed by atoms with van der Waals surface area (Å²) in [5, 5.41) is 23.2. The Morgan fingerprint density at radius 3 is 2.49 bits per heavy atom. The number of rotatable bonds is 6. The van der Waals surface area contributed by atoms with E-state index in [0.29, 0.717) is 49.3 Å². The molecule has 4 N–H and O–H groups in total. The zero-order chi connectivity index (χ0) is 28.2. The molecule has 10 heteroatoms. The fourth-order valence-corrected chi connectivity index (χ4v) is 7.00. The number of aromatic hydroxyl groups is 1. The van der Waals surface area contributed by atoms with Gasteiger partial charge in [-0.3, -0.25) is 9.88 Å². The van der Waals surface area contributed by atoms with Gasteiger partial charge in [0.05, 0.1) is 16.5 Å². The topological polar surface area (TPSA) is 121 Å². The standard InChI is InChI=1S/C31H35FN6O3/c32-25-26(23-16-21(39)15-20-5-1-2-6-22(20)23)34-17-24-27(25)35-29(41-19-30-7-3-11-38(30)12-4-8-30)36-28(24)37-13-9-31(40,18-33)10-14-37/h1-2,5-6,15-17,39-40H,3-4,7-14,18-19,33H2. The number of hydrogen-bond donors (Lipinski definition) is 3. The first kappa shape index (κ1) is 26.3. The van der Waals surface area contributed by atoms with Crippen LogP contribution >= 0.6 is 0 Å². The molecule has 0 radical (unpaired) electrons. The van der Waals surface area contributed by atoms with E-state index in [1.54, 1.807) is 12.3 Å². The Morgan fingerprint density at radius 2 is 1.73 bits per heavy atom. The minimum absolute atomic E-state index is 0.0103. The quantitative estimate of drug-likeness (QED) is 0.323. The SMILES string of the molecule is NCC1(O)CCN(c2nc(OCC34CCCN3CCC4)nc3c(F)c(-c4cc(O)cc5ccccc45)ncc23)CC1. The Kier molecular flexibility index (Phi) is 6.44. The number of piperidine rings is 1. The number of nitrogens with two attached hydrogens (primary N) is 1. The van der Waals surface area contributed by atoms with Crippen molar-refractivity contribution < 1.29 is 19.3 Å². The number of pyridine rings is 1. The number of aromatic nitrogens is 3. The summed E-state index contributed by atoms with van der Waals surface area (Å²) < 4.78 is 22.8. The van der Waals surface area contributed by atoms with Crippen molar-refractivity contribution in [2.24, 2.45) is 5.73 Å². The second-order valence-corrected chi connectivity index (χ2v) is 11.9. The number of phenolic OH excluding ortho intramolecular Hbond substituents is 1. The molecule has 214 valence electrons. The molecule has 0 spiro atoms. The summed E-state index contributed by atoms with van der Waals surface area (Å²) in [5.41, 5.74) is 5.61. The van der Waals surface area contributed by atoms with Crippen LogP contribution in [0.5, 0.6) is 11.8 Å². The summed E-state index contributed by atoms with van der Waals surface area (Å²) in [4.78, 5) is 18.5. The molecule has 3 saturated heterocycles. The first-order valence-electron chi connectivity index (χ1n) is 14.5. The van der Waals surface area contributed by atoms with Crippen LogP contribution in [-0.4, -0.2) is 80.5 Å². The third-order valence-corrected chi connectivity index (χ3v) is 9.40. The highest BCUT2D eigenvalue weighted by Gasteiger charge is 2.45. The van der Waals surface area contributed by atoms with E-state index in [0.717, 1.165) is 49.5 Å². The van der Waals surface area contributed by atoms with Gasteiger partial charge in [0.25, 0.3) is 0 Å². The lowest BCUT2D eigenvalue weighted by molar-refractivity contribution is 0.0249. The zero-order valence-electron chi connectivity index (χ0n) is 23.0. The molecule has 0 unspecified atom stereocenters. The maximum Gasteiger partial charge on any atom is 0.319 e. The third kappa shape index (κ3) is 4.54. The normalized spacial score (nSPS) is 20.1. The molecule has 4 aromatic rings. The Balaban J connectivity index is 1.33. The van der Waals surface area contributed by atoms with E-state index in [-0.39, 0.29) is 35.1 Å². The minimum Gasteiger partial charge on any atom is -0.508 e. The lowest BCUT2D eigenvalue weighted by atomic mass is 9.91. The molecule has 41 heavy (non-hydrogen) atoms. The fourth-order valence-electron chi connectivity index (χ4n) is 7.00. The van der Waals surface area contributed by atoms with E-state index >= 15 is 4.39 Å². The molecule has 2 aromatic carbocycles. The van der Waals surface area contributed by atoms with Gasteiger partial charge in [0, 0.05) is 31.4 Å². The first-order chi connectivity index (χ1) is 19.9. The second-order valence-electron chi connectivity index (χ2n) is 11.9. The number of nitrogens with zero attached hydrogens (tertiary/aromatic N) is 5. The van der Waals surface area contributed by atoms with Crippen LogP contribution in [0.4, 0.5) is 10.2 Å². The van der Waals surface area contributed by atoms with Crippen molar-refractivity contribution in [1.82, 2.24) is 19.9 Å². The summed E-state index contributed by atoms with van der Waals surface area (Å²) in [7, 11) is 0. The lowest BCUT2D eigenvalue weighted by Crippen LogP contribution is -2.49. The molecule has 9 nitrogen and oxygen atoms in total. The minimum atomic E-state index is -0.917. The van der Waals surface area contributed by atoms with Crippen molar-refractivity contribution >= 4 is 27.5 Å². The highest BCUT2D eigenvalue weighted by atomic mass is 19.1. The van der Waals surface area contributed by atoms with Gasteiger partial charge in [-0.25, -0.2) is 4.39 Å². The Bertz CT molecular complexity index is 1610. The maximum atomic E-state index is 16.5. The molecule has 0 atom stereocenters. The van der Waals surface area contributed by atoms with E-state index in [1.165, 1.54) is 6.07 Å². The number of halogens is 1. The van der Waals surface area contributed by atoms with Crippen LogP contribution < -0.4 is 15.4 Å². The van der Waals surface area contributed by atoms with Crippen molar-refractivity contribution in [2.75, 3.05) is 44.2 Å². The molecule has 0 aliphatic carbocycles. The molecule has 7 rings (SSSR count). The highest BCUT2D eigenvalue weighted by Crippen LogP contribution is 2.40. The lowest BCUT2D eigenvalue weighted by Gasteiger charge is -2.38. The van der Waals surface area contributed by atoms with Gasteiger partial charge in [-0.2, -0.15) is 9.97 Å². The molecule has 2 aromatic heterocycles. The van der Waals surface area contributed by atoms with E-state index in [4.69, 9.17) is 15.5 Å². The number of phenols is 1. The van der Waals surface area contributed by atoms with Gasteiger partial charge in [-0.1, -0.05) is 24.3 Å². The molecule has 5 heterocycles. The summed E-state index contributed by atoms with van der Waals surface area (Å²) in [6, 6.07) is 10.8. The Morgan fingerprint density at radius 1 is 0.976 bits per heavy atom. The predicted molar refractivity (Wildman–Crippen MR) is 156 cm³/mol. The first-order valence-corrected chi connectivity index (χ1v) is 14.5. The summed E-state index contributed by atoms with van der Waals surface area (Å²) in [6.07, 6.45) is 7.00. The van der Waals surface area contributed by atoms with Gasteiger partial charge in [0.1, 0.15) is 29.4 Å². The van der Waals surface area contributed by atoms with Gasteiger partial charge < -0.3 is 25.6 Å². The Labute approximate surface area is 237 Å². The van der Waals surface area contributed by atoms with Crippen molar-refractivity contribution in [2.45, 2.75) is 49.7 Å². The van der Waals surface area contributed by atoms with Crippen LogP contribution in [0.15, 0.2) is 42.6 Å². The number of aliphatic hydroxyl groups is 1. The number of hydrogen-bond acceptors (Lipinski definition) is 9. The molecular weight excluding hydrogens is 523 g/mol. The largest absolute Gasteiger partial charge is 0.508 e. The second kappa shape index (κ2) is 10.0. The molecule has 3 fully saturated rings. The van der Waals surface area contributed by atoms with Gasteiger partial charge in [-0.05, 0) is 74.5 Å². The van der Waals surface area contributed by atoms with E-state index in [9.17, 15) is 10.2 Å². The van der Waals surface area contributed by atoms with Gasteiger partial charge in [-0.15, -0.1) is 0 Å². The summed E-state index contributed by atoms with van der Waals surface area (Å²) in [6.45, 7) is 3.82. The Hall–Kier alpha value is -3.60. The maximum absolute atomic E-state index is 16.5. The number of benzene rings is 2. The molecule has 0 saturated carbocycles. The molecule has 3 aliphatic rings. The average Bonchev–Trinajstić information content (AvgIpc) is 3.57. The number of anilines is 1. The van der Waals surface area contributed by atoms with E-state index in [1.807, 2.05) is 29.2 Å². The van der Waals surface area contributed by atoms with Crippen molar-refractivity contribution in [3.63, 3.8) is 0 Å². The molecule has 0 amide bonds. The van der Waals surface area contributed by atoms with Crippen molar-refractivity contribution in [3.8, 4) is 23.0 Å². The van der Waals surface area contributed by atoms with Gasteiger partial charge in [0.2, 0.25) is 0 Å². The van der Waals surface area contributed by atoms with Crippen LogP contribution in [0.25, 0.3) is 32.9 Å². The predicted octanol–water partition coefficient (Wildman–Crippen LogP) is 3.99.